The van der Waals surface area contributed by atoms with Crippen molar-refractivity contribution in [2.45, 2.75) is 6.42 Å². The Morgan fingerprint density at radius 2 is 2.23 bits per heavy atom. The first-order chi connectivity index (χ1) is 6.02. The minimum absolute atomic E-state index is 0.0841. The quantitative estimate of drug-likeness (QED) is 0.719. The topological polar surface area (TPSA) is 63.3 Å². The molecule has 0 heterocycles. The van der Waals surface area contributed by atoms with Crippen molar-refractivity contribution in [3.8, 4) is 0 Å². The summed E-state index contributed by atoms with van der Waals surface area (Å²) in [7, 11) is 0. The third-order valence-electron chi connectivity index (χ3n) is 1.53. The zero-order valence-corrected chi connectivity index (χ0v) is 7.31. The van der Waals surface area contributed by atoms with Crippen molar-refractivity contribution in [2.24, 2.45) is 0 Å². The third kappa shape index (κ3) is 2.09. The summed E-state index contributed by atoms with van der Waals surface area (Å²) in [5.41, 5.74) is 5.35. The Balaban J connectivity index is 3.10. The van der Waals surface area contributed by atoms with Gasteiger partial charge in [-0.05, 0) is 11.6 Å². The lowest BCUT2D eigenvalue weighted by Gasteiger charge is -2.03. The second kappa shape index (κ2) is 3.62. The molecule has 0 spiro atoms. The van der Waals surface area contributed by atoms with Crippen LogP contribution in [0.15, 0.2) is 12.1 Å². The molecule has 0 aliphatic carbocycles. The van der Waals surface area contributed by atoms with Crippen molar-refractivity contribution in [3.63, 3.8) is 0 Å². The number of carboxylic acids is 1. The van der Waals surface area contributed by atoms with Gasteiger partial charge >= 0.3 is 5.97 Å². The Morgan fingerprint density at radius 1 is 1.62 bits per heavy atom. The van der Waals surface area contributed by atoms with Gasteiger partial charge in [0.2, 0.25) is 0 Å². The van der Waals surface area contributed by atoms with Crippen molar-refractivity contribution < 1.29 is 14.3 Å². The molecule has 5 heteroatoms. The van der Waals surface area contributed by atoms with Gasteiger partial charge in [-0.1, -0.05) is 17.7 Å². The Kier molecular flexibility index (Phi) is 2.72. The number of carboxylic acid groups (broad SMARTS) is 1. The molecule has 0 saturated carbocycles. The average Bonchev–Trinajstić information content (AvgIpc) is 2.06. The second-order valence-electron chi connectivity index (χ2n) is 2.51. The summed E-state index contributed by atoms with van der Waals surface area (Å²) in [6.45, 7) is 0. The largest absolute Gasteiger partial charge is 0.481 e. The molecule has 70 valence electrons. The van der Waals surface area contributed by atoms with E-state index in [4.69, 9.17) is 22.4 Å². The van der Waals surface area contributed by atoms with Gasteiger partial charge in [-0.15, -0.1) is 0 Å². The maximum absolute atomic E-state index is 13.0. The maximum atomic E-state index is 13.0. The van der Waals surface area contributed by atoms with E-state index in [0.717, 1.165) is 0 Å². The highest BCUT2D eigenvalue weighted by Crippen LogP contribution is 2.24. The van der Waals surface area contributed by atoms with Crippen LogP contribution in [0.1, 0.15) is 5.56 Å². The van der Waals surface area contributed by atoms with E-state index in [1.807, 2.05) is 0 Å². The molecule has 0 bridgehead atoms. The van der Waals surface area contributed by atoms with Crippen LogP contribution in [0.25, 0.3) is 0 Å². The van der Waals surface area contributed by atoms with E-state index in [1.165, 1.54) is 12.1 Å². The van der Waals surface area contributed by atoms with Crippen LogP contribution in [0.5, 0.6) is 0 Å². The molecule has 0 atom stereocenters. The summed E-state index contributed by atoms with van der Waals surface area (Å²) in [5, 5.41) is 8.22. The van der Waals surface area contributed by atoms with Crippen LogP contribution in [-0.4, -0.2) is 11.1 Å². The van der Waals surface area contributed by atoms with Gasteiger partial charge in [0.1, 0.15) is 0 Å². The Hall–Kier alpha value is -1.29. The number of nitrogens with two attached hydrogens (primary N) is 1. The molecule has 0 aliphatic rings. The molecule has 0 aromatic heterocycles. The second-order valence-corrected chi connectivity index (χ2v) is 2.89. The molecule has 0 aliphatic heterocycles. The molecule has 0 unspecified atom stereocenters. The molecule has 0 fully saturated rings. The van der Waals surface area contributed by atoms with Crippen LogP contribution in [0, 0.1) is 5.82 Å². The molecular formula is C8H7ClFNO2. The van der Waals surface area contributed by atoms with E-state index in [1.54, 1.807) is 0 Å². The highest BCUT2D eigenvalue weighted by atomic mass is 35.5. The Morgan fingerprint density at radius 3 is 2.77 bits per heavy atom. The monoisotopic (exact) mass is 203 g/mol. The number of carbonyl (C=O) groups is 1. The highest BCUT2D eigenvalue weighted by molar-refractivity contribution is 6.32. The lowest BCUT2D eigenvalue weighted by molar-refractivity contribution is -0.136. The highest BCUT2D eigenvalue weighted by Gasteiger charge is 2.11. The minimum Gasteiger partial charge on any atom is -0.481 e. The average molecular weight is 204 g/mol. The molecule has 3 nitrogen and oxygen atoms in total. The first kappa shape index (κ1) is 9.80. The number of anilines is 1. The van der Waals surface area contributed by atoms with Gasteiger partial charge in [0.25, 0.3) is 0 Å². The number of nitrogen functional groups attached to an aromatic ring is 1. The van der Waals surface area contributed by atoms with E-state index in [9.17, 15) is 9.18 Å². The molecule has 3 N–H and O–H groups in total. The van der Waals surface area contributed by atoms with Crippen LogP contribution in [-0.2, 0) is 11.2 Å². The zero-order chi connectivity index (χ0) is 10.0. The summed E-state index contributed by atoms with van der Waals surface area (Å²) in [4.78, 5) is 10.3. The van der Waals surface area contributed by atoms with Gasteiger partial charge in [0.05, 0.1) is 17.1 Å². The lowest BCUT2D eigenvalue weighted by atomic mass is 10.1. The standard InChI is InChI=1S/C8H7ClFNO2/c9-7-4(3-6(12)13)1-2-5(11)8(7)10/h1-2H,3,11H2,(H,12,13). The summed E-state index contributed by atoms with van der Waals surface area (Å²) < 4.78 is 13.0. The first-order valence-electron chi connectivity index (χ1n) is 3.46. The number of benzene rings is 1. The predicted octanol–water partition coefficient (Wildman–Crippen LogP) is 1.69. The van der Waals surface area contributed by atoms with Crippen LogP contribution in [0.3, 0.4) is 0 Å². The van der Waals surface area contributed by atoms with Crippen molar-refractivity contribution >= 4 is 23.3 Å². The molecule has 0 amide bonds. The fourth-order valence-corrected chi connectivity index (χ4v) is 1.14. The van der Waals surface area contributed by atoms with Gasteiger partial charge in [0.15, 0.2) is 5.82 Å². The molecule has 1 rings (SSSR count). The molecular weight excluding hydrogens is 197 g/mol. The third-order valence-corrected chi connectivity index (χ3v) is 1.94. The molecule has 0 saturated heterocycles. The first-order valence-corrected chi connectivity index (χ1v) is 3.84. The summed E-state index contributed by atoms with van der Waals surface area (Å²) in [5.74, 6) is -1.83. The number of aliphatic carboxylic acids is 1. The molecule has 13 heavy (non-hydrogen) atoms. The van der Waals surface area contributed by atoms with Gasteiger partial charge in [-0.2, -0.15) is 0 Å². The van der Waals surface area contributed by atoms with Crippen LogP contribution >= 0.6 is 11.6 Å². The Bertz CT molecular complexity index is 354. The van der Waals surface area contributed by atoms with E-state index in [2.05, 4.69) is 0 Å². The van der Waals surface area contributed by atoms with Gasteiger partial charge in [-0.3, -0.25) is 4.79 Å². The van der Waals surface area contributed by atoms with E-state index in [0.29, 0.717) is 0 Å². The normalized spacial score (nSPS) is 10.0. The van der Waals surface area contributed by atoms with Crippen LogP contribution in [0.4, 0.5) is 10.1 Å². The molecule has 1 aromatic rings. The van der Waals surface area contributed by atoms with Crippen molar-refractivity contribution in [1.82, 2.24) is 0 Å². The smallest absolute Gasteiger partial charge is 0.307 e. The van der Waals surface area contributed by atoms with Crippen LogP contribution < -0.4 is 5.73 Å². The number of halogens is 2. The summed E-state index contributed by atoms with van der Waals surface area (Å²) in [6.07, 6.45) is -0.309. The van der Waals surface area contributed by atoms with Gasteiger partial charge < -0.3 is 10.8 Å². The van der Waals surface area contributed by atoms with Crippen molar-refractivity contribution in [3.05, 3.63) is 28.5 Å². The summed E-state index contributed by atoms with van der Waals surface area (Å²) in [6, 6.07) is 2.69. The van der Waals surface area contributed by atoms with Crippen molar-refractivity contribution in [2.75, 3.05) is 5.73 Å². The van der Waals surface area contributed by atoms with Gasteiger partial charge in [0, 0.05) is 0 Å². The summed E-state index contributed by atoms with van der Waals surface area (Å²) >= 11 is 5.52. The SMILES string of the molecule is Nc1ccc(CC(=O)O)c(Cl)c1F. The molecule has 0 radical (unpaired) electrons. The Labute approximate surface area is 78.9 Å². The zero-order valence-electron chi connectivity index (χ0n) is 6.55. The number of hydrogen-bond donors (Lipinski definition) is 2. The van der Waals surface area contributed by atoms with Crippen LogP contribution in [0.2, 0.25) is 5.02 Å². The number of rotatable bonds is 2. The maximum Gasteiger partial charge on any atom is 0.307 e. The molecule has 1 aromatic carbocycles. The number of hydrogen-bond acceptors (Lipinski definition) is 2. The van der Waals surface area contributed by atoms with E-state index >= 15 is 0 Å². The predicted molar refractivity (Wildman–Crippen MR) is 47.2 cm³/mol. The van der Waals surface area contributed by atoms with Gasteiger partial charge in [-0.25, -0.2) is 4.39 Å². The van der Waals surface area contributed by atoms with Crippen molar-refractivity contribution in [1.29, 1.82) is 0 Å². The minimum atomic E-state index is -1.06. The fourth-order valence-electron chi connectivity index (χ4n) is 0.904. The fraction of sp³-hybridized carbons (Fsp3) is 0.125. The lowest BCUT2D eigenvalue weighted by Crippen LogP contribution is -2.03. The van der Waals surface area contributed by atoms with E-state index < -0.39 is 11.8 Å². The van der Waals surface area contributed by atoms with E-state index in [-0.39, 0.29) is 22.7 Å².